The van der Waals surface area contributed by atoms with Crippen LogP contribution in [0, 0.1) is 5.82 Å². The van der Waals surface area contributed by atoms with Gasteiger partial charge in [0.2, 0.25) is 0 Å². The Morgan fingerprint density at radius 2 is 2.23 bits per heavy atom. The van der Waals surface area contributed by atoms with E-state index < -0.39 is 5.54 Å². The van der Waals surface area contributed by atoms with Gasteiger partial charge in [0.25, 0.3) is 0 Å². The molecule has 0 aliphatic heterocycles. The molecule has 0 aromatic heterocycles. The van der Waals surface area contributed by atoms with Crippen LogP contribution in [-0.2, 0) is 5.54 Å². The van der Waals surface area contributed by atoms with Gasteiger partial charge in [-0.1, -0.05) is 12.1 Å². The number of hydrogen-bond donors (Lipinski definition) is 1. The summed E-state index contributed by atoms with van der Waals surface area (Å²) in [5.74, 6) is -0.288. The third-order valence-electron chi connectivity index (χ3n) is 1.97. The number of rotatable bonds is 2. The monoisotopic (exact) mass is 243 g/mol. The Morgan fingerprint density at radius 3 is 2.69 bits per heavy atom. The molecule has 1 unspecified atom stereocenters. The summed E-state index contributed by atoms with van der Waals surface area (Å²) in [6.45, 7) is 5.45. The van der Waals surface area contributed by atoms with Crippen LogP contribution in [0.4, 0.5) is 4.39 Å². The summed E-state index contributed by atoms with van der Waals surface area (Å²) in [4.78, 5) is 0. The van der Waals surface area contributed by atoms with E-state index >= 15 is 0 Å². The van der Waals surface area contributed by atoms with E-state index in [-0.39, 0.29) is 5.82 Å². The van der Waals surface area contributed by atoms with Crippen molar-refractivity contribution in [1.29, 1.82) is 0 Å². The van der Waals surface area contributed by atoms with Crippen LogP contribution in [0.25, 0.3) is 0 Å². The van der Waals surface area contributed by atoms with Crippen LogP contribution in [0.3, 0.4) is 0 Å². The van der Waals surface area contributed by atoms with Gasteiger partial charge >= 0.3 is 0 Å². The molecule has 0 bridgehead atoms. The lowest BCUT2D eigenvalue weighted by atomic mass is 9.94. The minimum atomic E-state index is -0.615. The number of hydrogen-bond acceptors (Lipinski definition) is 1. The van der Waals surface area contributed by atoms with E-state index in [1.165, 1.54) is 6.07 Å². The summed E-state index contributed by atoms with van der Waals surface area (Å²) < 4.78 is 13.3. The molecule has 0 saturated heterocycles. The lowest BCUT2D eigenvalue weighted by Crippen LogP contribution is -2.29. The predicted octanol–water partition coefficient (Wildman–Crippen LogP) is 2.95. The first-order valence-electron chi connectivity index (χ1n) is 3.85. The van der Waals surface area contributed by atoms with Crippen LogP contribution in [-0.4, -0.2) is 0 Å². The Balaban J connectivity index is 3.18. The van der Waals surface area contributed by atoms with Crippen molar-refractivity contribution in [3.05, 3.63) is 46.7 Å². The predicted molar refractivity (Wildman–Crippen MR) is 55.8 cm³/mol. The summed E-state index contributed by atoms with van der Waals surface area (Å²) in [7, 11) is 0. The zero-order chi connectivity index (χ0) is 10.1. The SMILES string of the molecule is C=CC(C)(N)c1ccc(F)c(Br)c1. The summed E-state index contributed by atoms with van der Waals surface area (Å²) in [5, 5.41) is 0. The highest BCUT2D eigenvalue weighted by Gasteiger charge is 2.17. The molecule has 1 nitrogen and oxygen atoms in total. The van der Waals surface area contributed by atoms with E-state index in [0.29, 0.717) is 4.47 Å². The third kappa shape index (κ3) is 2.17. The minimum absolute atomic E-state index is 0.288. The molecule has 3 heteroatoms. The zero-order valence-corrected chi connectivity index (χ0v) is 8.94. The van der Waals surface area contributed by atoms with E-state index in [2.05, 4.69) is 22.5 Å². The van der Waals surface area contributed by atoms with E-state index in [9.17, 15) is 4.39 Å². The largest absolute Gasteiger partial charge is 0.318 e. The molecule has 0 aliphatic carbocycles. The van der Waals surface area contributed by atoms with Gasteiger partial charge in [0.1, 0.15) is 5.82 Å². The lowest BCUT2D eigenvalue weighted by molar-refractivity contribution is 0.605. The third-order valence-corrected chi connectivity index (χ3v) is 2.57. The topological polar surface area (TPSA) is 26.0 Å². The first-order chi connectivity index (χ1) is 5.97. The van der Waals surface area contributed by atoms with Gasteiger partial charge in [-0.25, -0.2) is 4.39 Å². The number of halogens is 2. The molecule has 0 fully saturated rings. The summed E-state index contributed by atoms with van der Waals surface area (Å²) in [6, 6.07) is 4.70. The molecule has 1 rings (SSSR count). The highest BCUT2D eigenvalue weighted by Crippen LogP contribution is 2.24. The summed E-state index contributed by atoms with van der Waals surface area (Å²) in [6.07, 6.45) is 1.63. The van der Waals surface area contributed by atoms with E-state index in [0.717, 1.165) is 5.56 Å². The van der Waals surface area contributed by atoms with Crippen molar-refractivity contribution in [1.82, 2.24) is 0 Å². The van der Waals surface area contributed by atoms with Crippen molar-refractivity contribution in [2.24, 2.45) is 5.73 Å². The molecule has 0 spiro atoms. The zero-order valence-electron chi connectivity index (χ0n) is 7.35. The highest BCUT2D eigenvalue weighted by atomic mass is 79.9. The molecular weight excluding hydrogens is 233 g/mol. The molecular formula is C10H11BrFN. The van der Waals surface area contributed by atoms with Gasteiger partial charge in [-0.3, -0.25) is 0 Å². The van der Waals surface area contributed by atoms with Crippen molar-refractivity contribution in [2.45, 2.75) is 12.5 Å². The second-order valence-electron chi connectivity index (χ2n) is 3.12. The minimum Gasteiger partial charge on any atom is -0.318 e. The Kier molecular flexibility index (Phi) is 2.88. The second kappa shape index (κ2) is 3.60. The van der Waals surface area contributed by atoms with Gasteiger partial charge in [0.15, 0.2) is 0 Å². The van der Waals surface area contributed by atoms with Crippen molar-refractivity contribution in [3.8, 4) is 0 Å². The van der Waals surface area contributed by atoms with Crippen molar-refractivity contribution < 1.29 is 4.39 Å². The van der Waals surface area contributed by atoms with E-state index in [1.807, 2.05) is 6.92 Å². The van der Waals surface area contributed by atoms with Crippen LogP contribution in [0.5, 0.6) is 0 Å². The van der Waals surface area contributed by atoms with Gasteiger partial charge in [0, 0.05) is 0 Å². The van der Waals surface area contributed by atoms with Gasteiger partial charge in [-0.15, -0.1) is 6.58 Å². The average Bonchev–Trinajstić information content (AvgIpc) is 2.09. The van der Waals surface area contributed by atoms with Crippen LogP contribution < -0.4 is 5.73 Å². The maximum Gasteiger partial charge on any atom is 0.137 e. The van der Waals surface area contributed by atoms with Gasteiger partial charge in [-0.05, 0) is 40.5 Å². The highest BCUT2D eigenvalue weighted by molar-refractivity contribution is 9.10. The molecule has 70 valence electrons. The molecule has 1 aromatic carbocycles. The maximum atomic E-state index is 12.9. The van der Waals surface area contributed by atoms with Crippen LogP contribution in [0.2, 0.25) is 0 Å². The van der Waals surface area contributed by atoms with Crippen molar-refractivity contribution in [2.75, 3.05) is 0 Å². The lowest BCUT2D eigenvalue weighted by Gasteiger charge is -2.20. The van der Waals surface area contributed by atoms with Gasteiger partial charge in [0.05, 0.1) is 10.0 Å². The van der Waals surface area contributed by atoms with Gasteiger partial charge in [-0.2, -0.15) is 0 Å². The Labute approximate surface area is 85.6 Å². The Hall–Kier alpha value is -0.670. The first-order valence-corrected chi connectivity index (χ1v) is 4.64. The van der Waals surface area contributed by atoms with Crippen LogP contribution in [0.1, 0.15) is 12.5 Å². The van der Waals surface area contributed by atoms with Crippen LogP contribution >= 0.6 is 15.9 Å². The summed E-state index contributed by atoms with van der Waals surface area (Å²) >= 11 is 3.10. The second-order valence-corrected chi connectivity index (χ2v) is 3.97. The fraction of sp³-hybridized carbons (Fsp3) is 0.200. The quantitative estimate of drug-likeness (QED) is 0.795. The van der Waals surface area contributed by atoms with Crippen molar-refractivity contribution in [3.63, 3.8) is 0 Å². The molecule has 1 atom stereocenters. The Morgan fingerprint density at radius 1 is 1.62 bits per heavy atom. The molecule has 2 N–H and O–H groups in total. The molecule has 0 radical (unpaired) electrons. The molecule has 13 heavy (non-hydrogen) atoms. The molecule has 0 aliphatic rings. The fourth-order valence-electron chi connectivity index (χ4n) is 0.949. The van der Waals surface area contributed by atoms with Crippen molar-refractivity contribution >= 4 is 15.9 Å². The first kappa shape index (κ1) is 10.4. The van der Waals surface area contributed by atoms with E-state index in [1.54, 1.807) is 18.2 Å². The number of benzene rings is 1. The molecule has 0 heterocycles. The molecule has 0 amide bonds. The smallest absolute Gasteiger partial charge is 0.137 e. The summed E-state index contributed by atoms with van der Waals surface area (Å²) in [5.41, 5.74) is 6.11. The van der Waals surface area contributed by atoms with Crippen LogP contribution in [0.15, 0.2) is 35.3 Å². The maximum absolute atomic E-state index is 12.9. The fourth-order valence-corrected chi connectivity index (χ4v) is 1.33. The normalized spacial score (nSPS) is 15.1. The molecule has 0 saturated carbocycles. The van der Waals surface area contributed by atoms with Gasteiger partial charge < -0.3 is 5.73 Å². The number of nitrogens with two attached hydrogens (primary N) is 1. The standard InChI is InChI=1S/C10H11BrFN/c1-3-10(2,13)7-4-5-9(12)8(11)6-7/h3-6H,1,13H2,2H3. The average molecular weight is 244 g/mol. The Bertz CT molecular complexity index is 334. The molecule has 1 aromatic rings. The van der Waals surface area contributed by atoms with E-state index in [4.69, 9.17) is 5.73 Å².